The summed E-state index contributed by atoms with van der Waals surface area (Å²) in [6.07, 6.45) is 0.346. The molecule has 4 aromatic carbocycles. The largest absolute Gasteiger partial charge is 0.469 e. The first-order valence-corrected chi connectivity index (χ1v) is 21.5. The minimum Gasteiger partial charge on any atom is -0.469 e. The lowest BCUT2D eigenvalue weighted by Crippen LogP contribution is -2.67. The number of carbonyl (C=O) groups is 2. The molecule has 0 fully saturated rings. The molecule has 4 rings (SSSR count). The summed E-state index contributed by atoms with van der Waals surface area (Å²) < 4.78 is 19.4. The third kappa shape index (κ3) is 8.90. The first-order valence-electron chi connectivity index (χ1n) is 17.6. The number of benzene rings is 4. The second-order valence-corrected chi connectivity index (χ2v) is 23.7. The number of nitrogens with one attached hydrogen (secondary N) is 1. The van der Waals surface area contributed by atoms with E-state index in [1.807, 2.05) is 31.2 Å². The van der Waals surface area contributed by atoms with Crippen molar-refractivity contribution < 1.29 is 23.2 Å². The van der Waals surface area contributed by atoms with Crippen LogP contribution in [0.4, 0.5) is 0 Å². The SMILES string of the molecule is COC(=O)CC[C@@H](CO[Si](c1ccccc1)(c1ccccc1)C(C)(C)C)NC(=O)C[C@@H](C)O[Si](c1ccccc1)(c1ccccc1)C(C)(C)C. The van der Waals surface area contributed by atoms with Crippen molar-refractivity contribution in [3.05, 3.63) is 121 Å². The molecule has 0 aliphatic carbocycles. The zero-order valence-corrected chi connectivity index (χ0v) is 33.1. The number of carbonyl (C=O) groups excluding carboxylic acids is 2. The van der Waals surface area contributed by atoms with Gasteiger partial charge in [0.25, 0.3) is 16.6 Å². The van der Waals surface area contributed by atoms with Crippen molar-refractivity contribution in [3.63, 3.8) is 0 Å². The average Bonchev–Trinajstić information content (AvgIpc) is 3.10. The number of esters is 1. The molecule has 0 bridgehead atoms. The van der Waals surface area contributed by atoms with E-state index in [9.17, 15) is 9.59 Å². The number of hydrogen-bond donors (Lipinski definition) is 1. The molecular formula is C42H55NO5Si2. The maximum Gasteiger partial charge on any atom is 0.305 e. The Morgan fingerprint density at radius 3 is 1.38 bits per heavy atom. The predicted molar refractivity (Wildman–Crippen MR) is 210 cm³/mol. The van der Waals surface area contributed by atoms with E-state index in [-0.39, 0.29) is 47.5 Å². The van der Waals surface area contributed by atoms with E-state index in [1.165, 1.54) is 17.5 Å². The van der Waals surface area contributed by atoms with Crippen LogP contribution in [0.2, 0.25) is 10.1 Å². The van der Waals surface area contributed by atoms with E-state index in [1.54, 1.807) is 0 Å². The van der Waals surface area contributed by atoms with Crippen molar-refractivity contribution in [1.29, 1.82) is 0 Å². The minimum atomic E-state index is -2.87. The van der Waals surface area contributed by atoms with Crippen LogP contribution in [-0.2, 0) is 23.2 Å². The Balaban J connectivity index is 1.62. The summed E-state index contributed by atoms with van der Waals surface area (Å²) in [7, 11) is -4.34. The summed E-state index contributed by atoms with van der Waals surface area (Å²) in [6, 6.07) is 41.3. The van der Waals surface area contributed by atoms with E-state index in [4.69, 9.17) is 13.6 Å². The topological polar surface area (TPSA) is 73.9 Å². The van der Waals surface area contributed by atoms with Gasteiger partial charge in [-0.15, -0.1) is 0 Å². The lowest BCUT2D eigenvalue weighted by Gasteiger charge is -2.44. The third-order valence-electron chi connectivity index (χ3n) is 9.48. The smallest absolute Gasteiger partial charge is 0.305 e. The lowest BCUT2D eigenvalue weighted by molar-refractivity contribution is -0.141. The van der Waals surface area contributed by atoms with E-state index in [2.05, 4.69) is 144 Å². The van der Waals surface area contributed by atoms with Crippen molar-refractivity contribution in [1.82, 2.24) is 5.32 Å². The lowest BCUT2D eigenvalue weighted by atomic mass is 10.1. The van der Waals surface area contributed by atoms with Crippen molar-refractivity contribution in [3.8, 4) is 0 Å². The summed E-state index contributed by atoms with van der Waals surface area (Å²) in [4.78, 5) is 26.2. The summed E-state index contributed by atoms with van der Waals surface area (Å²) >= 11 is 0. The molecule has 0 saturated heterocycles. The fourth-order valence-electron chi connectivity index (χ4n) is 7.16. The first kappa shape index (κ1) is 39.0. The Morgan fingerprint density at radius 1 is 0.640 bits per heavy atom. The fourth-order valence-corrected chi connectivity index (χ4v) is 16.5. The van der Waals surface area contributed by atoms with Gasteiger partial charge in [0.2, 0.25) is 5.91 Å². The molecular weight excluding hydrogens is 655 g/mol. The van der Waals surface area contributed by atoms with Crippen molar-refractivity contribution in [2.45, 2.75) is 90.0 Å². The van der Waals surface area contributed by atoms with Gasteiger partial charge in [-0.3, -0.25) is 9.59 Å². The zero-order chi connectivity index (χ0) is 36.4. The van der Waals surface area contributed by atoms with Gasteiger partial charge in [-0.05, 0) is 44.2 Å². The molecule has 0 aromatic heterocycles. The van der Waals surface area contributed by atoms with Gasteiger partial charge >= 0.3 is 5.97 Å². The van der Waals surface area contributed by atoms with Crippen LogP contribution >= 0.6 is 0 Å². The first-order chi connectivity index (χ1) is 23.7. The summed E-state index contributed by atoms with van der Waals surface area (Å²) in [6.45, 7) is 15.6. The number of methoxy groups -OCH3 is 1. The Kier molecular flexibility index (Phi) is 13.2. The Labute approximate surface area is 301 Å². The summed E-state index contributed by atoms with van der Waals surface area (Å²) in [5, 5.41) is 7.45. The molecule has 8 heteroatoms. The van der Waals surface area contributed by atoms with E-state index in [0.717, 1.165) is 10.4 Å². The highest BCUT2D eigenvalue weighted by Gasteiger charge is 2.52. The fraction of sp³-hybridized carbons (Fsp3) is 0.381. The van der Waals surface area contributed by atoms with Gasteiger partial charge in [-0.2, -0.15) is 0 Å². The molecule has 4 aromatic rings. The summed E-state index contributed by atoms with van der Waals surface area (Å²) in [5.74, 6) is -0.463. The highest BCUT2D eigenvalue weighted by molar-refractivity contribution is 7.00. The van der Waals surface area contributed by atoms with Crippen LogP contribution in [0.15, 0.2) is 121 Å². The van der Waals surface area contributed by atoms with Gasteiger partial charge in [-0.25, -0.2) is 0 Å². The molecule has 1 N–H and O–H groups in total. The molecule has 0 heterocycles. The molecule has 50 heavy (non-hydrogen) atoms. The van der Waals surface area contributed by atoms with E-state index < -0.39 is 22.7 Å². The van der Waals surface area contributed by atoms with Crippen molar-refractivity contribution in [2.75, 3.05) is 13.7 Å². The normalized spacial score (nSPS) is 13.7. The molecule has 0 spiro atoms. The second kappa shape index (κ2) is 16.9. The Morgan fingerprint density at radius 2 is 1.02 bits per heavy atom. The van der Waals surface area contributed by atoms with Gasteiger partial charge in [0.05, 0.1) is 32.3 Å². The third-order valence-corrected chi connectivity index (χ3v) is 19.6. The molecule has 0 aliphatic rings. The monoisotopic (exact) mass is 709 g/mol. The molecule has 266 valence electrons. The van der Waals surface area contributed by atoms with Crippen LogP contribution in [-0.4, -0.2) is 54.4 Å². The maximum atomic E-state index is 13.9. The molecule has 0 aliphatic heterocycles. The molecule has 6 nitrogen and oxygen atoms in total. The highest BCUT2D eigenvalue weighted by atomic mass is 28.4. The van der Waals surface area contributed by atoms with Gasteiger partial charge in [0.15, 0.2) is 0 Å². The zero-order valence-electron chi connectivity index (χ0n) is 31.1. The molecule has 0 radical (unpaired) electrons. The number of hydrogen-bond acceptors (Lipinski definition) is 5. The number of rotatable bonds is 15. The van der Waals surface area contributed by atoms with Crippen molar-refractivity contribution in [2.24, 2.45) is 0 Å². The molecule has 0 unspecified atom stereocenters. The van der Waals surface area contributed by atoms with Crippen LogP contribution in [0.25, 0.3) is 0 Å². The van der Waals surface area contributed by atoms with Crippen molar-refractivity contribution >= 4 is 49.3 Å². The maximum absolute atomic E-state index is 13.9. The molecule has 1 amide bonds. The number of ether oxygens (including phenoxy) is 1. The minimum absolute atomic E-state index is 0.142. The van der Waals surface area contributed by atoms with Crippen LogP contribution in [0.3, 0.4) is 0 Å². The van der Waals surface area contributed by atoms with Gasteiger partial charge < -0.3 is 18.9 Å². The highest BCUT2D eigenvalue weighted by Crippen LogP contribution is 2.38. The van der Waals surface area contributed by atoms with Crippen LogP contribution in [0.5, 0.6) is 0 Å². The molecule has 2 atom stereocenters. The standard InChI is InChI=1S/C42H55NO5Si2/c1-33(48-50(42(5,6)7,37-25-17-11-18-26-37)38-27-19-12-20-28-38)31-39(44)43-34(29-30-40(45)46-8)32-47-49(41(2,3)4,35-21-13-9-14-22-35)36-23-15-10-16-24-36/h9-28,33-34H,29-32H2,1-8H3,(H,43,44)/t33-,34+/m1/s1. The van der Waals surface area contributed by atoms with E-state index >= 15 is 0 Å². The quantitative estimate of drug-likeness (QED) is 0.115. The van der Waals surface area contributed by atoms with Gasteiger partial charge in [0.1, 0.15) is 0 Å². The van der Waals surface area contributed by atoms with Crippen LogP contribution in [0.1, 0.15) is 67.7 Å². The average molecular weight is 710 g/mol. The van der Waals surface area contributed by atoms with Crippen LogP contribution < -0.4 is 26.1 Å². The van der Waals surface area contributed by atoms with Crippen LogP contribution in [0, 0.1) is 0 Å². The second-order valence-electron chi connectivity index (χ2n) is 15.1. The Hall–Kier alpha value is -3.83. The Bertz CT molecular complexity index is 1560. The van der Waals surface area contributed by atoms with E-state index in [0.29, 0.717) is 6.42 Å². The number of amides is 1. The predicted octanol–water partition coefficient (Wildman–Crippen LogP) is 6.36. The van der Waals surface area contributed by atoms with Gasteiger partial charge in [-0.1, -0.05) is 163 Å². The summed E-state index contributed by atoms with van der Waals surface area (Å²) in [5.41, 5.74) is 0. The van der Waals surface area contributed by atoms with Gasteiger partial charge in [0, 0.05) is 6.42 Å². The molecule has 0 saturated carbocycles.